The molecule has 0 aromatic heterocycles. The molecule has 1 atom stereocenters. The van der Waals surface area contributed by atoms with Crippen LogP contribution < -0.4 is 10.7 Å². The van der Waals surface area contributed by atoms with Gasteiger partial charge in [0.25, 0.3) is 5.91 Å². The molecular formula is C16H20N4O. The summed E-state index contributed by atoms with van der Waals surface area (Å²) in [5.41, 5.74) is 6.79. The Kier molecular flexibility index (Phi) is 3.15. The second-order valence-electron chi connectivity index (χ2n) is 6.08. The van der Waals surface area contributed by atoms with Gasteiger partial charge in [-0.15, -0.1) is 0 Å². The number of nitrogens with one attached hydrogen (secondary N) is 2. The van der Waals surface area contributed by atoms with Crippen molar-refractivity contribution < 1.29 is 4.79 Å². The van der Waals surface area contributed by atoms with Crippen molar-refractivity contribution in [3.8, 4) is 0 Å². The number of anilines is 1. The third-order valence-electron chi connectivity index (χ3n) is 4.73. The lowest BCUT2D eigenvalue weighted by molar-refractivity contribution is 0.0955. The number of hydrogen-bond donors (Lipinski definition) is 2. The predicted molar refractivity (Wildman–Crippen MR) is 82.9 cm³/mol. The van der Waals surface area contributed by atoms with E-state index < -0.39 is 0 Å². The average molecular weight is 284 g/mol. The molecule has 4 rings (SSSR count). The van der Waals surface area contributed by atoms with Crippen LogP contribution in [0.3, 0.4) is 0 Å². The Morgan fingerprint density at radius 3 is 2.95 bits per heavy atom. The first-order valence-electron chi connectivity index (χ1n) is 7.79. The molecule has 1 amide bonds. The number of amides is 1. The summed E-state index contributed by atoms with van der Waals surface area (Å²) in [4.78, 5) is 14.7. The van der Waals surface area contributed by atoms with Crippen LogP contribution in [0.25, 0.3) is 0 Å². The van der Waals surface area contributed by atoms with Gasteiger partial charge in [-0.1, -0.05) is 12.5 Å². The van der Waals surface area contributed by atoms with Crippen molar-refractivity contribution in [2.75, 3.05) is 31.5 Å². The SMILES string of the molecule is O=C1NN=C(CN2CCCCC2)C2CNc3cccc1c32. The van der Waals surface area contributed by atoms with Crippen molar-refractivity contribution in [3.05, 3.63) is 29.3 Å². The lowest BCUT2D eigenvalue weighted by atomic mass is 9.91. The Balaban J connectivity index is 1.66. The first-order chi connectivity index (χ1) is 10.3. The van der Waals surface area contributed by atoms with E-state index >= 15 is 0 Å². The lowest BCUT2D eigenvalue weighted by Crippen LogP contribution is -2.37. The molecule has 3 aliphatic rings. The van der Waals surface area contributed by atoms with Gasteiger partial charge in [0, 0.05) is 30.3 Å². The summed E-state index contributed by atoms with van der Waals surface area (Å²) in [5.74, 6) is 0.131. The molecule has 2 N–H and O–H groups in total. The van der Waals surface area contributed by atoms with Gasteiger partial charge in [0.1, 0.15) is 0 Å². The van der Waals surface area contributed by atoms with E-state index in [0.717, 1.165) is 48.7 Å². The molecule has 0 spiro atoms. The predicted octanol–water partition coefficient (Wildman–Crippen LogP) is 1.78. The van der Waals surface area contributed by atoms with Gasteiger partial charge in [0.05, 0.1) is 5.71 Å². The highest BCUT2D eigenvalue weighted by Crippen LogP contribution is 2.36. The molecule has 1 saturated heterocycles. The summed E-state index contributed by atoms with van der Waals surface area (Å²) in [5, 5.41) is 7.85. The Labute approximate surface area is 124 Å². The van der Waals surface area contributed by atoms with Gasteiger partial charge in [-0.3, -0.25) is 9.69 Å². The van der Waals surface area contributed by atoms with Crippen molar-refractivity contribution in [3.63, 3.8) is 0 Å². The van der Waals surface area contributed by atoms with Crippen molar-refractivity contribution in [2.24, 2.45) is 5.10 Å². The maximum Gasteiger partial charge on any atom is 0.271 e. The molecule has 0 saturated carbocycles. The molecule has 1 aromatic carbocycles. The van der Waals surface area contributed by atoms with Crippen LogP contribution in [0.4, 0.5) is 5.69 Å². The smallest absolute Gasteiger partial charge is 0.271 e. The molecule has 3 heterocycles. The number of hydrazone groups is 1. The quantitative estimate of drug-likeness (QED) is 0.870. The summed E-state index contributed by atoms with van der Waals surface area (Å²) >= 11 is 0. The number of carbonyl (C=O) groups is 1. The maximum absolute atomic E-state index is 12.2. The highest BCUT2D eigenvalue weighted by Gasteiger charge is 2.34. The van der Waals surface area contributed by atoms with E-state index in [9.17, 15) is 4.79 Å². The first kappa shape index (κ1) is 12.8. The zero-order valence-electron chi connectivity index (χ0n) is 12.1. The monoisotopic (exact) mass is 284 g/mol. The van der Waals surface area contributed by atoms with Gasteiger partial charge < -0.3 is 5.32 Å². The molecule has 1 unspecified atom stereocenters. The topological polar surface area (TPSA) is 56.7 Å². The molecule has 5 heteroatoms. The Morgan fingerprint density at radius 2 is 2.10 bits per heavy atom. The van der Waals surface area contributed by atoms with Crippen molar-refractivity contribution in [1.29, 1.82) is 0 Å². The number of nitrogens with zero attached hydrogens (tertiary/aromatic N) is 2. The standard InChI is InChI=1S/C16H20N4O/c21-16-11-5-4-6-13-15(11)12(9-17-13)14(18-19-16)10-20-7-2-1-3-8-20/h4-6,12,17H,1-3,7-10H2,(H,19,21). The zero-order valence-corrected chi connectivity index (χ0v) is 12.1. The van der Waals surface area contributed by atoms with Gasteiger partial charge in [0.15, 0.2) is 0 Å². The van der Waals surface area contributed by atoms with Gasteiger partial charge in [-0.05, 0) is 43.6 Å². The van der Waals surface area contributed by atoms with Gasteiger partial charge in [-0.25, -0.2) is 5.43 Å². The van der Waals surface area contributed by atoms with E-state index in [4.69, 9.17) is 0 Å². The number of likely N-dealkylation sites (tertiary alicyclic amines) is 1. The van der Waals surface area contributed by atoms with Crippen LogP contribution in [-0.2, 0) is 0 Å². The molecule has 0 aliphatic carbocycles. The number of hydrogen-bond acceptors (Lipinski definition) is 4. The molecule has 110 valence electrons. The third kappa shape index (κ3) is 2.21. The largest absolute Gasteiger partial charge is 0.384 e. The highest BCUT2D eigenvalue weighted by molar-refractivity contribution is 6.06. The summed E-state index contributed by atoms with van der Waals surface area (Å²) in [6, 6.07) is 5.88. The Morgan fingerprint density at radius 1 is 1.24 bits per heavy atom. The van der Waals surface area contributed by atoms with E-state index in [1.54, 1.807) is 0 Å². The highest BCUT2D eigenvalue weighted by atomic mass is 16.2. The van der Waals surface area contributed by atoms with E-state index in [-0.39, 0.29) is 11.8 Å². The minimum absolute atomic E-state index is 0.0887. The first-order valence-corrected chi connectivity index (χ1v) is 7.79. The third-order valence-corrected chi connectivity index (χ3v) is 4.73. The van der Waals surface area contributed by atoms with Crippen molar-refractivity contribution >= 4 is 17.3 Å². The molecule has 1 aromatic rings. The number of piperidine rings is 1. The fraction of sp³-hybridized carbons (Fsp3) is 0.500. The molecule has 0 bridgehead atoms. The van der Waals surface area contributed by atoms with Gasteiger partial charge in [-0.2, -0.15) is 5.10 Å². The molecule has 0 radical (unpaired) electrons. The molecule has 3 aliphatic heterocycles. The fourth-order valence-corrected chi connectivity index (χ4v) is 3.64. The number of carbonyl (C=O) groups excluding carboxylic acids is 1. The molecule has 5 nitrogen and oxygen atoms in total. The number of rotatable bonds is 2. The van der Waals surface area contributed by atoms with Crippen LogP contribution in [0.5, 0.6) is 0 Å². The van der Waals surface area contributed by atoms with Crippen LogP contribution in [0.1, 0.15) is 41.1 Å². The van der Waals surface area contributed by atoms with Crippen molar-refractivity contribution in [1.82, 2.24) is 10.3 Å². The second-order valence-corrected chi connectivity index (χ2v) is 6.08. The summed E-state index contributed by atoms with van der Waals surface area (Å²) in [6.07, 6.45) is 3.87. The normalized spacial score (nSPS) is 24.7. The van der Waals surface area contributed by atoms with Crippen LogP contribution >= 0.6 is 0 Å². The van der Waals surface area contributed by atoms with Crippen LogP contribution in [0.15, 0.2) is 23.3 Å². The van der Waals surface area contributed by atoms with Crippen LogP contribution in [0.2, 0.25) is 0 Å². The fourth-order valence-electron chi connectivity index (χ4n) is 3.64. The second kappa shape index (κ2) is 5.15. The summed E-state index contributed by atoms with van der Waals surface area (Å²) < 4.78 is 0. The number of benzene rings is 1. The zero-order chi connectivity index (χ0) is 14.2. The Hall–Kier alpha value is -1.88. The van der Waals surface area contributed by atoms with Crippen molar-refractivity contribution in [2.45, 2.75) is 25.2 Å². The van der Waals surface area contributed by atoms with Gasteiger partial charge in [0.2, 0.25) is 0 Å². The van der Waals surface area contributed by atoms with E-state index in [1.165, 1.54) is 19.3 Å². The van der Waals surface area contributed by atoms with E-state index in [1.807, 2.05) is 12.1 Å². The van der Waals surface area contributed by atoms with E-state index in [0.29, 0.717) is 0 Å². The molecular weight excluding hydrogens is 264 g/mol. The molecule has 21 heavy (non-hydrogen) atoms. The maximum atomic E-state index is 12.2. The van der Waals surface area contributed by atoms with Gasteiger partial charge >= 0.3 is 0 Å². The lowest BCUT2D eigenvalue weighted by Gasteiger charge is -2.28. The van der Waals surface area contributed by atoms with E-state index in [2.05, 4.69) is 26.8 Å². The minimum atomic E-state index is -0.0887. The van der Waals surface area contributed by atoms with Crippen LogP contribution in [-0.4, -0.2) is 42.7 Å². The summed E-state index contributed by atoms with van der Waals surface area (Å²) in [7, 11) is 0. The minimum Gasteiger partial charge on any atom is -0.384 e. The summed E-state index contributed by atoms with van der Waals surface area (Å²) in [6.45, 7) is 3.98. The average Bonchev–Trinajstić information content (AvgIpc) is 2.90. The van der Waals surface area contributed by atoms with Crippen LogP contribution in [0, 0.1) is 0 Å². The molecule has 1 fully saturated rings. The Bertz CT molecular complexity index is 604.